The molecule has 0 aromatic carbocycles. The summed E-state index contributed by atoms with van der Waals surface area (Å²) in [7, 11) is 0. The van der Waals surface area contributed by atoms with Gasteiger partial charge >= 0.3 is 134 Å². The van der Waals surface area contributed by atoms with Crippen LogP contribution in [-0.2, 0) is 0 Å². The van der Waals surface area contributed by atoms with E-state index in [1.165, 1.54) is 51.8 Å². The van der Waals surface area contributed by atoms with Crippen LogP contribution >= 0.6 is 11.3 Å². The first-order valence-corrected chi connectivity index (χ1v) is 16.7. The van der Waals surface area contributed by atoms with Gasteiger partial charge in [-0.15, -0.1) is 0 Å². The van der Waals surface area contributed by atoms with Crippen LogP contribution in [0.2, 0.25) is 13.3 Å². The average Bonchev–Trinajstić information content (AvgIpc) is 2.96. The first kappa shape index (κ1) is 18.2. The Bertz CT molecular complexity index is 364. The molecule has 3 heteroatoms. The Labute approximate surface area is 133 Å². The number of hydrogen-bond acceptors (Lipinski definition) is 2. The summed E-state index contributed by atoms with van der Waals surface area (Å²) in [4.78, 5) is 4.95. The van der Waals surface area contributed by atoms with Crippen LogP contribution in [0.4, 0.5) is 0 Å². The molecule has 1 heterocycles. The molecule has 0 saturated heterocycles. The molecule has 0 fully saturated rings. The van der Waals surface area contributed by atoms with E-state index in [0.29, 0.717) is 0 Å². The zero-order valence-electron chi connectivity index (χ0n) is 13.6. The molecule has 0 aliphatic carbocycles. The summed E-state index contributed by atoms with van der Waals surface area (Å²) in [6, 6.07) is 0. The van der Waals surface area contributed by atoms with E-state index in [2.05, 4.69) is 32.7 Å². The molecule has 0 spiro atoms. The van der Waals surface area contributed by atoms with E-state index < -0.39 is 18.4 Å². The van der Waals surface area contributed by atoms with Crippen LogP contribution in [-0.4, -0.2) is 23.4 Å². The molecule has 0 N–H and O–H groups in total. The SMILES string of the molecule is C=Cc1n[c]([Sn]([CH2]CCC)([CH2]CCC)[CH2]CCC)cs1. The van der Waals surface area contributed by atoms with Gasteiger partial charge in [0.05, 0.1) is 0 Å². The van der Waals surface area contributed by atoms with Crippen molar-refractivity contribution in [2.24, 2.45) is 0 Å². The Morgan fingerprint density at radius 1 is 1.05 bits per heavy atom. The number of thiazole rings is 1. The summed E-state index contributed by atoms with van der Waals surface area (Å²) in [6.45, 7) is 10.9. The molecule has 1 rings (SSSR count). The van der Waals surface area contributed by atoms with Gasteiger partial charge in [-0.2, -0.15) is 0 Å². The Morgan fingerprint density at radius 3 is 1.90 bits per heavy atom. The topological polar surface area (TPSA) is 12.9 Å². The minimum atomic E-state index is -2.25. The normalized spacial score (nSPS) is 11.8. The quantitative estimate of drug-likeness (QED) is 0.425. The van der Waals surface area contributed by atoms with Crippen LogP contribution in [0.3, 0.4) is 0 Å². The number of aromatic nitrogens is 1. The predicted molar refractivity (Wildman–Crippen MR) is 96.7 cm³/mol. The van der Waals surface area contributed by atoms with E-state index in [-0.39, 0.29) is 0 Å². The third-order valence-corrected chi connectivity index (χ3v) is 20.8. The average molecular weight is 400 g/mol. The van der Waals surface area contributed by atoms with Gasteiger partial charge in [-0.25, -0.2) is 0 Å². The molecule has 1 aromatic heterocycles. The molecule has 0 unspecified atom stereocenters. The van der Waals surface area contributed by atoms with Gasteiger partial charge in [-0.05, 0) is 0 Å². The molecule has 0 atom stereocenters. The zero-order chi connectivity index (χ0) is 14.8. The van der Waals surface area contributed by atoms with E-state index in [4.69, 9.17) is 4.98 Å². The fourth-order valence-electron chi connectivity index (χ4n) is 2.93. The summed E-state index contributed by atoms with van der Waals surface area (Å²) in [6.07, 6.45) is 10.1. The fraction of sp³-hybridized carbons (Fsp3) is 0.706. The molecule has 20 heavy (non-hydrogen) atoms. The summed E-state index contributed by atoms with van der Waals surface area (Å²) in [5.41, 5.74) is 0. The second-order valence-corrected chi connectivity index (χ2v) is 19.8. The first-order valence-electron chi connectivity index (χ1n) is 8.30. The maximum atomic E-state index is 4.95. The van der Waals surface area contributed by atoms with Crippen LogP contribution in [0, 0.1) is 0 Å². The standard InChI is InChI=1S/C5H4NS.3C4H9.Sn/c1-2-5-6-3-4-7-5;3*1-3-4-2;/h2,4H,1H2;3*1,3-4H2,2H3;. The van der Waals surface area contributed by atoms with Crippen molar-refractivity contribution >= 4 is 39.5 Å². The molecular weight excluding hydrogens is 369 g/mol. The van der Waals surface area contributed by atoms with Crippen LogP contribution in [0.25, 0.3) is 6.08 Å². The van der Waals surface area contributed by atoms with Crippen LogP contribution in [0.15, 0.2) is 12.0 Å². The summed E-state index contributed by atoms with van der Waals surface area (Å²) < 4.78 is 6.07. The van der Waals surface area contributed by atoms with Crippen LogP contribution in [0.1, 0.15) is 64.3 Å². The van der Waals surface area contributed by atoms with Gasteiger partial charge in [0.15, 0.2) is 0 Å². The second kappa shape index (κ2) is 9.99. The molecule has 0 aliphatic heterocycles. The van der Waals surface area contributed by atoms with Crippen molar-refractivity contribution in [2.75, 3.05) is 0 Å². The Balaban J connectivity index is 3.00. The Kier molecular flexibility index (Phi) is 9.10. The molecule has 0 radical (unpaired) electrons. The third-order valence-electron chi connectivity index (χ3n) is 4.27. The van der Waals surface area contributed by atoms with E-state index in [9.17, 15) is 0 Å². The molecule has 1 nitrogen and oxygen atoms in total. The van der Waals surface area contributed by atoms with Gasteiger partial charge in [0.2, 0.25) is 0 Å². The van der Waals surface area contributed by atoms with Crippen molar-refractivity contribution in [2.45, 2.75) is 72.6 Å². The molecule has 114 valence electrons. The van der Waals surface area contributed by atoms with Gasteiger partial charge in [0.1, 0.15) is 0 Å². The molecule has 0 aliphatic rings. The number of unbranched alkanes of at least 4 members (excludes halogenated alkanes) is 3. The predicted octanol–water partition coefficient (Wildman–Crippen LogP) is 5.84. The summed E-state index contributed by atoms with van der Waals surface area (Å²) in [5.74, 6) is 0. The van der Waals surface area contributed by atoms with Gasteiger partial charge in [0, 0.05) is 0 Å². The van der Waals surface area contributed by atoms with Crippen molar-refractivity contribution in [1.82, 2.24) is 4.98 Å². The first-order chi connectivity index (χ1) is 9.72. The number of hydrogen-bond donors (Lipinski definition) is 0. The number of nitrogens with zero attached hydrogens (tertiary/aromatic N) is 1. The third kappa shape index (κ3) is 5.18. The van der Waals surface area contributed by atoms with E-state index in [1.54, 1.807) is 15.0 Å². The summed E-state index contributed by atoms with van der Waals surface area (Å²) >= 11 is -0.448. The van der Waals surface area contributed by atoms with Crippen molar-refractivity contribution in [3.05, 3.63) is 17.0 Å². The van der Waals surface area contributed by atoms with Gasteiger partial charge < -0.3 is 0 Å². The second-order valence-electron chi connectivity index (χ2n) is 5.87. The summed E-state index contributed by atoms with van der Waals surface area (Å²) in [5, 5.41) is 3.51. The monoisotopic (exact) mass is 401 g/mol. The molecule has 1 aromatic rings. The van der Waals surface area contributed by atoms with Crippen molar-refractivity contribution in [3.63, 3.8) is 0 Å². The van der Waals surface area contributed by atoms with Crippen molar-refractivity contribution in [3.8, 4) is 0 Å². The van der Waals surface area contributed by atoms with Crippen molar-refractivity contribution < 1.29 is 0 Å². The van der Waals surface area contributed by atoms with E-state index >= 15 is 0 Å². The Morgan fingerprint density at radius 2 is 1.55 bits per heavy atom. The molecule has 0 saturated carbocycles. The minimum absolute atomic E-state index is 1.13. The van der Waals surface area contributed by atoms with Crippen LogP contribution < -0.4 is 3.71 Å². The fourth-order valence-corrected chi connectivity index (χ4v) is 20.8. The zero-order valence-corrected chi connectivity index (χ0v) is 17.3. The van der Waals surface area contributed by atoms with Gasteiger partial charge in [0.25, 0.3) is 0 Å². The van der Waals surface area contributed by atoms with Crippen molar-refractivity contribution in [1.29, 1.82) is 0 Å². The number of rotatable bonds is 11. The van der Waals surface area contributed by atoms with Gasteiger partial charge in [-0.1, -0.05) is 0 Å². The molecule has 0 bridgehead atoms. The Hall–Kier alpha value is 0.169. The molecular formula is C17H31NSSn. The van der Waals surface area contributed by atoms with E-state index in [1.807, 2.05) is 6.08 Å². The van der Waals surface area contributed by atoms with Gasteiger partial charge in [-0.3, -0.25) is 0 Å². The van der Waals surface area contributed by atoms with E-state index in [0.717, 1.165) is 5.01 Å². The molecule has 0 amide bonds. The maximum absolute atomic E-state index is 4.95. The van der Waals surface area contributed by atoms with Crippen LogP contribution in [0.5, 0.6) is 0 Å².